The number of carbonyl (C=O) groups excluding carboxylic acids is 1. The van der Waals surface area contributed by atoms with Crippen molar-refractivity contribution < 1.29 is 17.6 Å². The molecule has 2 heterocycles. The Labute approximate surface area is 168 Å². The highest BCUT2D eigenvalue weighted by Gasteiger charge is 2.26. The first kappa shape index (κ1) is 19.4. The standard InChI is InChI=1S/C21H20N2O5S/c24-20(18-13-15-7-2-3-10-19(15)28-21(18)25)22-16-8-6-9-17(14-16)29(26,27)23-11-4-1-5-12-23/h2-3,6-10,13-14H,1,4-5,11-12H2,(H,22,24). The topological polar surface area (TPSA) is 96.7 Å². The molecule has 0 atom stereocenters. The lowest BCUT2D eigenvalue weighted by atomic mass is 10.1. The number of amides is 1. The number of hydrogen-bond donors (Lipinski definition) is 1. The van der Waals surface area contributed by atoms with Crippen molar-refractivity contribution in [3.63, 3.8) is 0 Å². The molecule has 1 aromatic heterocycles. The van der Waals surface area contributed by atoms with E-state index in [1.165, 1.54) is 22.5 Å². The fraction of sp³-hybridized carbons (Fsp3) is 0.238. The normalized spacial score (nSPS) is 15.3. The van der Waals surface area contributed by atoms with Gasteiger partial charge in [0.2, 0.25) is 10.0 Å². The van der Waals surface area contributed by atoms with Crippen LogP contribution in [0, 0.1) is 0 Å². The SMILES string of the molecule is O=C(Nc1cccc(S(=O)(=O)N2CCCCC2)c1)c1cc2ccccc2oc1=O. The predicted octanol–water partition coefficient (Wildman–Crippen LogP) is 3.22. The third kappa shape index (κ3) is 3.94. The van der Waals surface area contributed by atoms with Crippen LogP contribution in [0.1, 0.15) is 29.6 Å². The monoisotopic (exact) mass is 412 g/mol. The maximum atomic E-state index is 12.8. The van der Waals surface area contributed by atoms with Gasteiger partial charge in [0, 0.05) is 24.2 Å². The number of nitrogens with zero attached hydrogens (tertiary/aromatic N) is 1. The van der Waals surface area contributed by atoms with Gasteiger partial charge in [0.1, 0.15) is 11.1 Å². The van der Waals surface area contributed by atoms with Crippen molar-refractivity contribution in [2.45, 2.75) is 24.2 Å². The van der Waals surface area contributed by atoms with Gasteiger partial charge in [-0.15, -0.1) is 0 Å². The van der Waals surface area contributed by atoms with E-state index in [1.807, 2.05) is 0 Å². The minimum Gasteiger partial charge on any atom is -0.422 e. The molecule has 3 aromatic rings. The Morgan fingerprint density at radius 2 is 1.72 bits per heavy atom. The number of carbonyl (C=O) groups is 1. The van der Waals surface area contributed by atoms with Crippen LogP contribution in [0.5, 0.6) is 0 Å². The summed E-state index contributed by atoms with van der Waals surface area (Å²) in [4.78, 5) is 24.9. The molecule has 1 fully saturated rings. The van der Waals surface area contributed by atoms with E-state index in [1.54, 1.807) is 36.4 Å². The van der Waals surface area contributed by atoms with E-state index in [0.29, 0.717) is 29.7 Å². The van der Waals surface area contributed by atoms with Gasteiger partial charge < -0.3 is 9.73 Å². The van der Waals surface area contributed by atoms with Gasteiger partial charge >= 0.3 is 5.63 Å². The summed E-state index contributed by atoms with van der Waals surface area (Å²) < 4.78 is 32.3. The Balaban J connectivity index is 1.60. The van der Waals surface area contributed by atoms with Gasteiger partial charge in [0.25, 0.3) is 5.91 Å². The van der Waals surface area contributed by atoms with Gasteiger partial charge in [-0.2, -0.15) is 4.31 Å². The molecule has 1 N–H and O–H groups in total. The second-order valence-electron chi connectivity index (χ2n) is 6.93. The number of fused-ring (bicyclic) bond motifs is 1. The van der Waals surface area contributed by atoms with Crippen molar-refractivity contribution in [1.29, 1.82) is 0 Å². The number of piperidine rings is 1. The van der Waals surface area contributed by atoms with E-state index in [-0.39, 0.29) is 10.5 Å². The highest BCUT2D eigenvalue weighted by Crippen LogP contribution is 2.23. The summed E-state index contributed by atoms with van der Waals surface area (Å²) >= 11 is 0. The minimum absolute atomic E-state index is 0.114. The molecular weight excluding hydrogens is 392 g/mol. The Morgan fingerprint density at radius 3 is 2.52 bits per heavy atom. The van der Waals surface area contributed by atoms with Crippen molar-refractivity contribution >= 4 is 32.6 Å². The van der Waals surface area contributed by atoms with Crippen LogP contribution >= 0.6 is 0 Å². The van der Waals surface area contributed by atoms with Gasteiger partial charge in [-0.05, 0) is 43.2 Å². The Hall–Kier alpha value is -2.97. The molecule has 1 saturated heterocycles. The molecule has 2 aromatic carbocycles. The summed E-state index contributed by atoms with van der Waals surface area (Å²) in [5, 5.41) is 3.22. The molecular formula is C21H20N2O5S. The second kappa shape index (κ2) is 7.81. The molecule has 150 valence electrons. The Morgan fingerprint density at radius 1 is 0.966 bits per heavy atom. The first-order valence-corrected chi connectivity index (χ1v) is 10.8. The smallest absolute Gasteiger partial charge is 0.349 e. The van der Waals surface area contributed by atoms with E-state index in [4.69, 9.17) is 4.42 Å². The van der Waals surface area contributed by atoms with Crippen molar-refractivity contribution in [2.24, 2.45) is 0 Å². The third-order valence-electron chi connectivity index (χ3n) is 4.93. The van der Waals surface area contributed by atoms with Crippen LogP contribution in [0.3, 0.4) is 0 Å². The third-order valence-corrected chi connectivity index (χ3v) is 6.83. The Kier molecular flexibility index (Phi) is 5.21. The summed E-state index contributed by atoms with van der Waals surface area (Å²) in [5.41, 5.74) is -0.212. The van der Waals surface area contributed by atoms with E-state index < -0.39 is 21.6 Å². The van der Waals surface area contributed by atoms with Gasteiger partial charge in [-0.1, -0.05) is 30.7 Å². The van der Waals surface area contributed by atoms with Gasteiger partial charge in [0.05, 0.1) is 4.90 Å². The maximum absolute atomic E-state index is 12.8. The lowest BCUT2D eigenvalue weighted by Crippen LogP contribution is -2.35. The summed E-state index contributed by atoms with van der Waals surface area (Å²) in [6.07, 6.45) is 2.71. The molecule has 0 radical (unpaired) electrons. The molecule has 1 amide bonds. The maximum Gasteiger partial charge on any atom is 0.349 e. The van der Waals surface area contributed by atoms with Crippen LogP contribution in [0.25, 0.3) is 11.0 Å². The number of rotatable bonds is 4. The molecule has 0 saturated carbocycles. The summed E-state index contributed by atoms with van der Waals surface area (Å²) in [7, 11) is -3.62. The van der Waals surface area contributed by atoms with Gasteiger partial charge in [-0.3, -0.25) is 4.79 Å². The van der Waals surface area contributed by atoms with Crippen molar-refractivity contribution in [3.8, 4) is 0 Å². The number of benzene rings is 2. The zero-order valence-corrected chi connectivity index (χ0v) is 16.4. The number of anilines is 1. The number of sulfonamides is 1. The minimum atomic E-state index is -3.62. The molecule has 1 aliphatic heterocycles. The lowest BCUT2D eigenvalue weighted by Gasteiger charge is -2.26. The average molecular weight is 412 g/mol. The molecule has 8 heteroatoms. The van der Waals surface area contributed by atoms with Crippen LogP contribution in [0.2, 0.25) is 0 Å². The zero-order valence-electron chi connectivity index (χ0n) is 15.6. The van der Waals surface area contributed by atoms with Crippen LogP contribution in [0.15, 0.2) is 68.7 Å². The molecule has 29 heavy (non-hydrogen) atoms. The molecule has 1 aliphatic rings. The summed E-state index contributed by atoms with van der Waals surface area (Å²) in [6.45, 7) is 0.994. The number of para-hydroxylation sites is 1. The molecule has 7 nitrogen and oxygen atoms in total. The lowest BCUT2D eigenvalue weighted by molar-refractivity contribution is 0.102. The highest BCUT2D eigenvalue weighted by atomic mass is 32.2. The first-order valence-electron chi connectivity index (χ1n) is 9.40. The van der Waals surface area contributed by atoms with E-state index in [2.05, 4.69) is 5.32 Å². The van der Waals surface area contributed by atoms with Gasteiger partial charge in [-0.25, -0.2) is 13.2 Å². The molecule has 0 bridgehead atoms. The van der Waals surface area contributed by atoms with E-state index in [0.717, 1.165) is 19.3 Å². The van der Waals surface area contributed by atoms with Gasteiger partial charge in [0.15, 0.2) is 0 Å². The zero-order chi connectivity index (χ0) is 20.4. The van der Waals surface area contributed by atoms with Crippen molar-refractivity contribution in [3.05, 3.63) is 70.6 Å². The quantitative estimate of drug-likeness (QED) is 0.664. The van der Waals surface area contributed by atoms with Crippen LogP contribution < -0.4 is 10.9 Å². The number of nitrogens with one attached hydrogen (secondary N) is 1. The molecule has 4 rings (SSSR count). The van der Waals surface area contributed by atoms with E-state index >= 15 is 0 Å². The summed E-state index contributed by atoms with van der Waals surface area (Å²) in [6, 6.07) is 14.4. The van der Waals surface area contributed by atoms with Crippen molar-refractivity contribution in [1.82, 2.24) is 4.31 Å². The molecule has 0 spiro atoms. The van der Waals surface area contributed by atoms with Crippen LogP contribution in [-0.2, 0) is 10.0 Å². The number of hydrogen-bond acceptors (Lipinski definition) is 5. The van der Waals surface area contributed by atoms with Crippen LogP contribution in [-0.4, -0.2) is 31.7 Å². The van der Waals surface area contributed by atoms with Crippen LogP contribution in [0.4, 0.5) is 5.69 Å². The van der Waals surface area contributed by atoms with Crippen molar-refractivity contribution in [2.75, 3.05) is 18.4 Å². The first-order chi connectivity index (χ1) is 13.9. The van der Waals surface area contributed by atoms with E-state index in [9.17, 15) is 18.0 Å². The average Bonchev–Trinajstić information content (AvgIpc) is 2.74. The highest BCUT2D eigenvalue weighted by molar-refractivity contribution is 7.89. The molecule has 0 aliphatic carbocycles. The predicted molar refractivity (Wildman–Crippen MR) is 109 cm³/mol. The summed E-state index contributed by atoms with van der Waals surface area (Å²) in [5.74, 6) is -0.656. The fourth-order valence-electron chi connectivity index (χ4n) is 3.41. The second-order valence-corrected chi connectivity index (χ2v) is 8.87. The Bertz CT molecular complexity index is 1230. The fourth-order valence-corrected chi connectivity index (χ4v) is 4.97. The molecule has 0 unspecified atom stereocenters. The largest absolute Gasteiger partial charge is 0.422 e.